The van der Waals surface area contributed by atoms with Crippen molar-refractivity contribution in [3.63, 3.8) is 0 Å². The molecule has 1 amide bonds. The molecule has 2 aromatic carbocycles. The molecule has 0 aliphatic carbocycles. The van der Waals surface area contributed by atoms with Crippen molar-refractivity contribution in [3.8, 4) is 0 Å². The van der Waals surface area contributed by atoms with Crippen molar-refractivity contribution in [1.29, 1.82) is 0 Å². The van der Waals surface area contributed by atoms with Crippen molar-refractivity contribution in [2.45, 2.75) is 24.7 Å². The fourth-order valence-corrected chi connectivity index (χ4v) is 3.90. The smallest absolute Gasteiger partial charge is 0.416 e. The Hall–Kier alpha value is -2.62. The molecule has 30 heavy (non-hydrogen) atoms. The molecule has 3 nitrogen and oxygen atoms in total. The molecule has 3 rings (SSSR count). The van der Waals surface area contributed by atoms with Crippen molar-refractivity contribution in [1.82, 2.24) is 4.90 Å². The lowest BCUT2D eigenvalue weighted by Gasteiger charge is -2.17. The summed E-state index contributed by atoms with van der Waals surface area (Å²) in [5, 5.41) is 10.1. The van der Waals surface area contributed by atoms with Crippen molar-refractivity contribution < 1.29 is 36.2 Å². The Labute approximate surface area is 172 Å². The van der Waals surface area contributed by atoms with Crippen LogP contribution in [-0.4, -0.2) is 22.5 Å². The number of aliphatic hydroxyl groups excluding tert-OH is 1. The molecule has 1 N–H and O–H groups in total. The van der Waals surface area contributed by atoms with Crippen LogP contribution in [0.15, 0.2) is 59.2 Å². The largest absolute Gasteiger partial charge is 0.509 e. The minimum atomic E-state index is -4.52. The third-order valence-electron chi connectivity index (χ3n) is 4.35. The van der Waals surface area contributed by atoms with Crippen LogP contribution >= 0.6 is 11.8 Å². The van der Waals surface area contributed by atoms with Crippen LogP contribution in [0.4, 0.5) is 26.3 Å². The van der Waals surface area contributed by atoms with E-state index >= 15 is 0 Å². The number of carbonyl (C=O) groups excluding carboxylic acids is 1. The standard InChI is InChI=1S/C20H15F6NO2S/c21-19(22,23)14-5-1-3-12(7-14)9-27-10-16(28)17(18(27)29)30-11-13-4-2-6-15(8-13)20(24,25)26/h1-8,28H,9-11H2. The number of amides is 1. The lowest BCUT2D eigenvalue weighted by molar-refractivity contribution is -0.138. The molecule has 0 fully saturated rings. The molecule has 160 valence electrons. The second-order valence-corrected chi connectivity index (χ2v) is 7.61. The first-order chi connectivity index (χ1) is 13.9. The Morgan fingerprint density at radius 2 is 1.43 bits per heavy atom. The molecule has 2 aromatic rings. The Morgan fingerprint density at radius 1 is 0.900 bits per heavy atom. The second-order valence-electron chi connectivity index (χ2n) is 6.62. The highest BCUT2D eigenvalue weighted by atomic mass is 32.2. The number of carbonyl (C=O) groups is 1. The van der Waals surface area contributed by atoms with Gasteiger partial charge in [0.1, 0.15) is 10.7 Å². The summed E-state index contributed by atoms with van der Waals surface area (Å²) in [6.45, 7) is -0.319. The van der Waals surface area contributed by atoms with Crippen LogP contribution in [0.2, 0.25) is 0 Å². The second kappa shape index (κ2) is 8.25. The lowest BCUT2D eigenvalue weighted by Crippen LogP contribution is -2.26. The molecule has 0 aromatic heterocycles. The fourth-order valence-electron chi connectivity index (χ4n) is 2.92. The van der Waals surface area contributed by atoms with Gasteiger partial charge in [-0.15, -0.1) is 11.8 Å². The van der Waals surface area contributed by atoms with E-state index in [2.05, 4.69) is 0 Å². The predicted octanol–water partition coefficient (Wildman–Crippen LogP) is 5.77. The van der Waals surface area contributed by atoms with Crippen LogP contribution < -0.4 is 0 Å². The third-order valence-corrected chi connectivity index (χ3v) is 5.53. The maximum absolute atomic E-state index is 12.8. The van der Waals surface area contributed by atoms with E-state index < -0.39 is 29.4 Å². The third kappa shape index (κ3) is 5.10. The van der Waals surface area contributed by atoms with Gasteiger partial charge in [-0.1, -0.05) is 30.3 Å². The zero-order valence-electron chi connectivity index (χ0n) is 15.2. The Morgan fingerprint density at radius 3 is 2.00 bits per heavy atom. The summed E-state index contributed by atoms with van der Waals surface area (Å²) in [6, 6.07) is 9.14. The summed E-state index contributed by atoms with van der Waals surface area (Å²) in [4.78, 5) is 13.7. The number of alkyl halides is 6. The summed E-state index contributed by atoms with van der Waals surface area (Å²) in [7, 11) is 0. The van der Waals surface area contributed by atoms with Crippen molar-refractivity contribution in [2.24, 2.45) is 0 Å². The molecule has 0 atom stereocenters. The van der Waals surface area contributed by atoms with Gasteiger partial charge in [-0.2, -0.15) is 26.3 Å². The van der Waals surface area contributed by atoms with Gasteiger partial charge in [0.2, 0.25) is 0 Å². The van der Waals surface area contributed by atoms with E-state index in [1.54, 1.807) is 0 Å². The van der Waals surface area contributed by atoms with E-state index in [9.17, 15) is 36.2 Å². The van der Waals surface area contributed by atoms with E-state index in [1.165, 1.54) is 29.2 Å². The minimum Gasteiger partial charge on any atom is -0.509 e. The van der Waals surface area contributed by atoms with Crippen LogP contribution in [0.1, 0.15) is 22.3 Å². The summed E-state index contributed by atoms with van der Waals surface area (Å²) in [6.07, 6.45) is -9.01. The minimum absolute atomic E-state index is 0.0203. The Bertz CT molecular complexity index is 984. The number of hydrogen-bond acceptors (Lipinski definition) is 3. The van der Waals surface area contributed by atoms with Crippen molar-refractivity contribution >= 4 is 17.7 Å². The normalized spacial score (nSPS) is 15.3. The topological polar surface area (TPSA) is 40.5 Å². The number of nitrogens with zero attached hydrogens (tertiary/aromatic N) is 1. The van der Waals surface area contributed by atoms with E-state index in [0.29, 0.717) is 5.56 Å². The van der Waals surface area contributed by atoms with Gasteiger partial charge in [-0.25, -0.2) is 0 Å². The molecule has 0 bridgehead atoms. The Balaban J connectivity index is 1.67. The first kappa shape index (κ1) is 22.1. The van der Waals surface area contributed by atoms with Gasteiger partial charge in [-0.3, -0.25) is 4.79 Å². The molecule has 0 saturated heterocycles. The van der Waals surface area contributed by atoms with Gasteiger partial charge >= 0.3 is 12.4 Å². The molecule has 10 heteroatoms. The van der Waals surface area contributed by atoms with Gasteiger partial charge in [0.25, 0.3) is 5.91 Å². The zero-order chi connectivity index (χ0) is 22.1. The van der Waals surface area contributed by atoms with Gasteiger partial charge in [0.15, 0.2) is 0 Å². The predicted molar refractivity (Wildman–Crippen MR) is 99.3 cm³/mol. The van der Waals surface area contributed by atoms with Gasteiger partial charge < -0.3 is 10.0 Å². The van der Waals surface area contributed by atoms with Gasteiger partial charge in [0.05, 0.1) is 17.7 Å². The maximum atomic E-state index is 12.8. The van der Waals surface area contributed by atoms with Crippen LogP contribution in [0.3, 0.4) is 0 Å². The molecular formula is C20H15F6NO2S. The highest BCUT2D eigenvalue weighted by Crippen LogP contribution is 2.34. The highest BCUT2D eigenvalue weighted by molar-refractivity contribution is 8.03. The van der Waals surface area contributed by atoms with E-state index in [-0.39, 0.29) is 35.1 Å². The summed E-state index contributed by atoms with van der Waals surface area (Å²) in [5.41, 5.74) is -1.10. The molecule has 0 spiro atoms. The van der Waals surface area contributed by atoms with Crippen LogP contribution in [0.5, 0.6) is 0 Å². The average molecular weight is 447 g/mol. The first-order valence-corrected chi connectivity index (χ1v) is 9.60. The van der Waals surface area contributed by atoms with Crippen molar-refractivity contribution in [2.75, 3.05) is 6.54 Å². The molecule has 1 aliphatic heterocycles. The molecule has 0 unspecified atom stereocenters. The first-order valence-electron chi connectivity index (χ1n) is 8.61. The van der Waals surface area contributed by atoms with Crippen LogP contribution in [0, 0.1) is 0 Å². The van der Waals surface area contributed by atoms with Crippen molar-refractivity contribution in [3.05, 3.63) is 81.4 Å². The SMILES string of the molecule is O=C1C(SCc2cccc(C(F)(F)F)c2)=C(O)CN1Cc1cccc(C(F)(F)F)c1. The number of hydrogen-bond donors (Lipinski definition) is 1. The molecule has 0 radical (unpaired) electrons. The summed E-state index contributed by atoms with van der Waals surface area (Å²) >= 11 is 0.885. The number of aliphatic hydroxyl groups is 1. The maximum Gasteiger partial charge on any atom is 0.416 e. The van der Waals surface area contributed by atoms with E-state index in [1.807, 2.05) is 0 Å². The molecule has 1 aliphatic rings. The zero-order valence-corrected chi connectivity index (χ0v) is 16.0. The van der Waals surface area contributed by atoms with E-state index in [0.717, 1.165) is 36.0 Å². The fraction of sp³-hybridized carbons (Fsp3) is 0.250. The molecule has 0 saturated carbocycles. The number of benzene rings is 2. The van der Waals surface area contributed by atoms with Crippen LogP contribution in [0.25, 0.3) is 0 Å². The molecule has 1 heterocycles. The molecular weight excluding hydrogens is 432 g/mol. The number of thioether (sulfide) groups is 1. The van der Waals surface area contributed by atoms with Gasteiger partial charge in [-0.05, 0) is 29.3 Å². The Kier molecular flexibility index (Phi) is 6.07. The lowest BCUT2D eigenvalue weighted by atomic mass is 10.1. The van der Waals surface area contributed by atoms with E-state index in [4.69, 9.17) is 0 Å². The monoisotopic (exact) mass is 447 g/mol. The van der Waals surface area contributed by atoms with Crippen LogP contribution in [-0.2, 0) is 29.4 Å². The quantitative estimate of drug-likeness (QED) is 0.592. The number of halogens is 6. The summed E-state index contributed by atoms with van der Waals surface area (Å²) < 4.78 is 76.9. The highest BCUT2D eigenvalue weighted by Gasteiger charge is 2.33. The average Bonchev–Trinajstić information content (AvgIpc) is 2.92. The number of rotatable bonds is 5. The summed E-state index contributed by atoms with van der Waals surface area (Å²) in [5.74, 6) is -0.822. The van der Waals surface area contributed by atoms with Gasteiger partial charge in [0, 0.05) is 12.3 Å².